The maximum absolute atomic E-state index is 6.38. The first-order chi connectivity index (χ1) is 12.2. The van der Waals surface area contributed by atoms with Crippen LogP contribution in [-0.4, -0.2) is 4.57 Å². The number of rotatable bonds is 2. The van der Waals surface area contributed by atoms with E-state index in [9.17, 15) is 0 Å². The molecule has 0 bridgehead atoms. The molecule has 1 aromatic heterocycles. The molecule has 1 aliphatic rings. The Balaban J connectivity index is 0.000000880. The summed E-state index contributed by atoms with van der Waals surface area (Å²) in [5.41, 5.74) is 11.5. The summed E-state index contributed by atoms with van der Waals surface area (Å²) in [6.45, 7) is 6.54. The standard InChI is InChI=1S/C19H18ClN3.C2H6/c20-18-10-16(21)8-7-14(18)11-23-13-17-5-3-9-22(17)12-15-4-1-2-6-19(15)23;1-2/h1-10H,11-13,21H2;1-2H3. The van der Waals surface area contributed by atoms with Crippen molar-refractivity contribution in [2.45, 2.75) is 33.5 Å². The van der Waals surface area contributed by atoms with Gasteiger partial charge in [0, 0.05) is 41.4 Å². The number of benzene rings is 2. The Bertz CT molecular complexity index is 854. The Labute approximate surface area is 154 Å². The highest BCUT2D eigenvalue weighted by molar-refractivity contribution is 6.31. The van der Waals surface area contributed by atoms with Crippen molar-refractivity contribution in [2.24, 2.45) is 0 Å². The average molecular weight is 354 g/mol. The van der Waals surface area contributed by atoms with Gasteiger partial charge >= 0.3 is 0 Å². The fraction of sp³-hybridized carbons (Fsp3) is 0.238. The van der Waals surface area contributed by atoms with Crippen molar-refractivity contribution in [3.63, 3.8) is 0 Å². The largest absolute Gasteiger partial charge is 0.399 e. The van der Waals surface area contributed by atoms with Gasteiger partial charge in [-0.1, -0.05) is 49.7 Å². The van der Waals surface area contributed by atoms with Crippen molar-refractivity contribution < 1.29 is 0 Å². The average Bonchev–Trinajstić information content (AvgIpc) is 3.00. The van der Waals surface area contributed by atoms with E-state index in [0.717, 1.165) is 30.2 Å². The van der Waals surface area contributed by atoms with Gasteiger partial charge in [-0.25, -0.2) is 0 Å². The minimum atomic E-state index is 0.698. The highest BCUT2D eigenvalue weighted by Gasteiger charge is 2.19. The summed E-state index contributed by atoms with van der Waals surface area (Å²) in [7, 11) is 0. The van der Waals surface area contributed by atoms with Crippen molar-refractivity contribution in [3.8, 4) is 0 Å². The molecule has 4 heteroatoms. The first kappa shape index (κ1) is 17.4. The Morgan fingerprint density at radius 2 is 1.80 bits per heavy atom. The first-order valence-corrected chi connectivity index (χ1v) is 9.09. The molecule has 3 nitrogen and oxygen atoms in total. The number of nitrogen functional groups attached to an aromatic ring is 1. The van der Waals surface area contributed by atoms with Gasteiger partial charge in [0.2, 0.25) is 0 Å². The van der Waals surface area contributed by atoms with Crippen LogP contribution < -0.4 is 10.6 Å². The van der Waals surface area contributed by atoms with Crippen LogP contribution in [-0.2, 0) is 19.6 Å². The highest BCUT2D eigenvalue weighted by atomic mass is 35.5. The predicted octanol–water partition coefficient (Wildman–Crippen LogP) is 5.32. The topological polar surface area (TPSA) is 34.2 Å². The summed E-state index contributed by atoms with van der Waals surface area (Å²) in [6, 6.07) is 18.6. The molecule has 1 aliphatic heterocycles. The number of para-hydroxylation sites is 1. The Kier molecular flexibility index (Phi) is 5.34. The van der Waals surface area contributed by atoms with E-state index in [1.165, 1.54) is 16.9 Å². The zero-order valence-corrected chi connectivity index (χ0v) is 15.5. The van der Waals surface area contributed by atoms with E-state index in [0.29, 0.717) is 5.69 Å². The van der Waals surface area contributed by atoms with Gasteiger partial charge in [0.1, 0.15) is 0 Å². The van der Waals surface area contributed by atoms with E-state index in [1.54, 1.807) is 0 Å². The maximum Gasteiger partial charge on any atom is 0.0585 e. The van der Waals surface area contributed by atoms with Crippen LogP contribution in [0.1, 0.15) is 30.7 Å². The van der Waals surface area contributed by atoms with Crippen LogP contribution in [0.4, 0.5) is 11.4 Å². The van der Waals surface area contributed by atoms with Crippen LogP contribution in [0.2, 0.25) is 5.02 Å². The molecule has 0 fully saturated rings. The zero-order valence-electron chi connectivity index (χ0n) is 14.7. The van der Waals surface area contributed by atoms with Crippen molar-refractivity contribution in [2.75, 3.05) is 10.6 Å². The molecule has 0 amide bonds. The zero-order chi connectivity index (χ0) is 17.8. The van der Waals surface area contributed by atoms with E-state index in [2.05, 4.69) is 52.1 Å². The molecule has 2 aromatic carbocycles. The molecular weight excluding hydrogens is 330 g/mol. The van der Waals surface area contributed by atoms with Crippen LogP contribution >= 0.6 is 11.6 Å². The lowest BCUT2D eigenvalue weighted by atomic mass is 10.1. The normalized spacial score (nSPS) is 12.5. The van der Waals surface area contributed by atoms with Crippen molar-refractivity contribution in [1.29, 1.82) is 0 Å². The second kappa shape index (κ2) is 7.66. The monoisotopic (exact) mass is 353 g/mol. The van der Waals surface area contributed by atoms with Crippen LogP contribution in [0.5, 0.6) is 0 Å². The SMILES string of the molecule is CC.Nc1ccc(CN2Cc3cccn3Cc3ccccc32)c(Cl)c1. The number of anilines is 2. The number of nitrogens with two attached hydrogens (primary N) is 1. The predicted molar refractivity (Wildman–Crippen MR) is 107 cm³/mol. The molecule has 4 rings (SSSR count). The number of hydrogen-bond donors (Lipinski definition) is 1. The first-order valence-electron chi connectivity index (χ1n) is 8.71. The van der Waals surface area contributed by atoms with Gasteiger partial charge in [0.15, 0.2) is 0 Å². The molecular formula is C21H24ClN3. The lowest BCUT2D eigenvalue weighted by Crippen LogP contribution is -2.22. The van der Waals surface area contributed by atoms with E-state index in [1.807, 2.05) is 32.0 Å². The fourth-order valence-corrected chi connectivity index (χ4v) is 3.45. The van der Waals surface area contributed by atoms with Crippen LogP contribution in [0.3, 0.4) is 0 Å². The molecule has 130 valence electrons. The Morgan fingerprint density at radius 3 is 2.60 bits per heavy atom. The molecule has 0 saturated carbocycles. The summed E-state index contributed by atoms with van der Waals surface area (Å²) in [5.74, 6) is 0. The van der Waals surface area contributed by atoms with E-state index in [-0.39, 0.29) is 0 Å². The van der Waals surface area contributed by atoms with Gasteiger partial charge in [-0.05, 0) is 41.5 Å². The molecule has 25 heavy (non-hydrogen) atoms. The van der Waals surface area contributed by atoms with Gasteiger partial charge in [-0.3, -0.25) is 0 Å². The molecule has 0 unspecified atom stereocenters. The van der Waals surface area contributed by atoms with Gasteiger partial charge in [-0.2, -0.15) is 0 Å². The minimum Gasteiger partial charge on any atom is -0.399 e. The molecule has 2 heterocycles. The maximum atomic E-state index is 6.38. The van der Waals surface area contributed by atoms with Crippen molar-refractivity contribution >= 4 is 23.0 Å². The Hall–Kier alpha value is -2.39. The van der Waals surface area contributed by atoms with Crippen molar-refractivity contribution in [1.82, 2.24) is 4.57 Å². The van der Waals surface area contributed by atoms with Crippen LogP contribution in [0.25, 0.3) is 0 Å². The van der Waals surface area contributed by atoms with Crippen molar-refractivity contribution in [3.05, 3.63) is 82.6 Å². The summed E-state index contributed by atoms with van der Waals surface area (Å²) in [6.07, 6.45) is 2.14. The van der Waals surface area contributed by atoms with E-state index < -0.39 is 0 Å². The summed E-state index contributed by atoms with van der Waals surface area (Å²) in [4.78, 5) is 2.38. The Morgan fingerprint density at radius 1 is 1.00 bits per heavy atom. The highest BCUT2D eigenvalue weighted by Crippen LogP contribution is 2.30. The van der Waals surface area contributed by atoms with Gasteiger partial charge in [0.05, 0.1) is 6.54 Å². The smallest absolute Gasteiger partial charge is 0.0585 e. The fourth-order valence-electron chi connectivity index (χ4n) is 3.20. The lowest BCUT2D eigenvalue weighted by molar-refractivity contribution is 0.735. The lowest BCUT2D eigenvalue weighted by Gasteiger charge is -2.25. The summed E-state index contributed by atoms with van der Waals surface area (Å²) < 4.78 is 2.31. The summed E-state index contributed by atoms with van der Waals surface area (Å²) in [5, 5.41) is 0.724. The number of aromatic nitrogens is 1. The summed E-state index contributed by atoms with van der Waals surface area (Å²) >= 11 is 6.38. The molecule has 0 radical (unpaired) electrons. The minimum absolute atomic E-state index is 0.698. The molecule has 2 N–H and O–H groups in total. The third-order valence-corrected chi connectivity index (χ3v) is 4.74. The molecule has 0 aliphatic carbocycles. The molecule has 0 saturated heterocycles. The second-order valence-corrected chi connectivity index (χ2v) is 6.37. The number of nitrogens with zero attached hydrogens (tertiary/aromatic N) is 2. The van der Waals surface area contributed by atoms with Gasteiger partial charge in [-0.15, -0.1) is 0 Å². The third kappa shape index (κ3) is 3.67. The molecule has 0 atom stereocenters. The van der Waals surface area contributed by atoms with E-state index >= 15 is 0 Å². The van der Waals surface area contributed by atoms with Crippen LogP contribution in [0.15, 0.2) is 60.8 Å². The molecule has 0 spiro atoms. The number of fused-ring (bicyclic) bond motifs is 2. The van der Waals surface area contributed by atoms with Gasteiger partial charge in [0.25, 0.3) is 0 Å². The quantitative estimate of drug-likeness (QED) is 0.633. The second-order valence-electron chi connectivity index (χ2n) is 5.96. The van der Waals surface area contributed by atoms with E-state index in [4.69, 9.17) is 17.3 Å². The number of halogens is 1. The molecule has 3 aromatic rings. The van der Waals surface area contributed by atoms with Gasteiger partial charge < -0.3 is 15.2 Å². The third-order valence-electron chi connectivity index (χ3n) is 4.39. The van der Waals surface area contributed by atoms with Crippen LogP contribution in [0, 0.1) is 0 Å². The number of hydrogen-bond acceptors (Lipinski definition) is 2.